The first-order valence-corrected chi connectivity index (χ1v) is 11.1. The SMILES string of the molecule is CCOC(=O)c1cccc(-c2cccc3cc(Cc4ccc(=O)n(CC(F)(F)F)c4)sc23)c1. The number of ether oxygens (including phenoxy) is 1. The van der Waals surface area contributed by atoms with Crippen LogP contribution in [0.4, 0.5) is 13.2 Å². The molecule has 0 saturated carbocycles. The second kappa shape index (κ2) is 9.23. The molecule has 0 aliphatic carbocycles. The van der Waals surface area contributed by atoms with Gasteiger partial charge in [0.1, 0.15) is 6.54 Å². The monoisotopic (exact) mass is 471 g/mol. The van der Waals surface area contributed by atoms with Crippen LogP contribution < -0.4 is 5.56 Å². The molecule has 0 aliphatic rings. The number of carbonyl (C=O) groups is 1. The van der Waals surface area contributed by atoms with Gasteiger partial charge in [-0.1, -0.05) is 36.4 Å². The fraction of sp³-hybridized carbons (Fsp3) is 0.200. The van der Waals surface area contributed by atoms with Crippen LogP contribution in [0.1, 0.15) is 27.7 Å². The number of halogens is 3. The summed E-state index contributed by atoms with van der Waals surface area (Å²) in [5.74, 6) is -0.382. The van der Waals surface area contributed by atoms with Gasteiger partial charge in [0, 0.05) is 28.3 Å². The molecule has 0 saturated heterocycles. The molecule has 2 heterocycles. The van der Waals surface area contributed by atoms with Crippen LogP contribution >= 0.6 is 11.3 Å². The molecule has 0 amide bonds. The van der Waals surface area contributed by atoms with E-state index in [2.05, 4.69) is 0 Å². The fourth-order valence-corrected chi connectivity index (χ4v) is 4.89. The third kappa shape index (κ3) is 5.34. The highest BCUT2D eigenvalue weighted by molar-refractivity contribution is 7.19. The first-order valence-electron chi connectivity index (χ1n) is 10.3. The topological polar surface area (TPSA) is 48.3 Å². The first kappa shape index (κ1) is 22.8. The fourth-order valence-electron chi connectivity index (χ4n) is 3.66. The summed E-state index contributed by atoms with van der Waals surface area (Å²) >= 11 is 1.54. The Bertz CT molecular complexity index is 1370. The van der Waals surface area contributed by atoms with E-state index < -0.39 is 18.3 Å². The van der Waals surface area contributed by atoms with Crippen molar-refractivity contribution in [2.75, 3.05) is 6.61 Å². The van der Waals surface area contributed by atoms with E-state index in [1.807, 2.05) is 30.3 Å². The van der Waals surface area contributed by atoms with Gasteiger partial charge in [0.15, 0.2) is 0 Å². The van der Waals surface area contributed by atoms with Gasteiger partial charge in [0.25, 0.3) is 5.56 Å². The Morgan fingerprint density at radius 2 is 1.85 bits per heavy atom. The van der Waals surface area contributed by atoms with Gasteiger partial charge in [0.05, 0.1) is 12.2 Å². The lowest BCUT2D eigenvalue weighted by atomic mass is 10.0. The zero-order valence-corrected chi connectivity index (χ0v) is 18.5. The van der Waals surface area contributed by atoms with Gasteiger partial charge in [0.2, 0.25) is 0 Å². The molecule has 4 aromatic rings. The zero-order valence-electron chi connectivity index (χ0n) is 17.7. The third-order valence-corrected chi connectivity index (χ3v) is 6.24. The molecule has 0 atom stereocenters. The Morgan fingerprint density at radius 1 is 1.06 bits per heavy atom. The van der Waals surface area contributed by atoms with Crippen molar-refractivity contribution in [3.05, 3.63) is 93.2 Å². The predicted octanol–water partition coefficient (Wildman–Crippen LogP) is 6.06. The van der Waals surface area contributed by atoms with Crippen LogP contribution in [0, 0.1) is 0 Å². The zero-order chi connectivity index (χ0) is 23.6. The third-order valence-electron chi connectivity index (χ3n) is 5.05. The normalized spacial score (nSPS) is 11.6. The van der Waals surface area contributed by atoms with Crippen molar-refractivity contribution in [2.24, 2.45) is 0 Å². The lowest BCUT2D eigenvalue weighted by molar-refractivity contribution is -0.141. The van der Waals surface area contributed by atoms with Crippen molar-refractivity contribution in [1.29, 1.82) is 0 Å². The molecule has 0 radical (unpaired) electrons. The minimum absolute atomic E-state index is 0.295. The molecule has 0 bridgehead atoms. The van der Waals surface area contributed by atoms with Gasteiger partial charge >= 0.3 is 12.1 Å². The van der Waals surface area contributed by atoms with Crippen molar-refractivity contribution in [2.45, 2.75) is 26.1 Å². The number of benzene rings is 2. The number of carbonyl (C=O) groups excluding carboxylic acids is 1. The summed E-state index contributed by atoms with van der Waals surface area (Å²) in [5.41, 5.74) is 2.23. The molecule has 8 heteroatoms. The number of thiophene rings is 1. The molecular formula is C25H20F3NO3S. The second-order valence-electron chi connectivity index (χ2n) is 7.53. The van der Waals surface area contributed by atoms with Gasteiger partial charge < -0.3 is 9.30 Å². The van der Waals surface area contributed by atoms with E-state index in [-0.39, 0.29) is 5.97 Å². The van der Waals surface area contributed by atoms with Gasteiger partial charge in [-0.3, -0.25) is 4.79 Å². The summed E-state index contributed by atoms with van der Waals surface area (Å²) in [4.78, 5) is 24.9. The standard InChI is InChI=1S/C25H20F3NO3S/c1-2-32-24(31)19-7-3-5-17(12-19)21-8-4-6-18-13-20(33-23(18)21)11-16-9-10-22(30)29(14-16)15-25(26,27)28/h3-10,12-14H,2,11,15H2,1H3. The Kier molecular flexibility index (Phi) is 6.37. The molecule has 0 N–H and O–H groups in total. The Hall–Kier alpha value is -3.39. The van der Waals surface area contributed by atoms with Crippen LogP contribution in [0.2, 0.25) is 0 Å². The van der Waals surface area contributed by atoms with Crippen molar-refractivity contribution >= 4 is 27.4 Å². The highest BCUT2D eigenvalue weighted by atomic mass is 32.1. The van der Waals surface area contributed by atoms with E-state index in [0.29, 0.717) is 28.7 Å². The summed E-state index contributed by atoms with van der Waals surface area (Å²) in [6, 6.07) is 17.8. The minimum atomic E-state index is -4.47. The minimum Gasteiger partial charge on any atom is -0.462 e. The van der Waals surface area contributed by atoms with Crippen LogP contribution in [0.25, 0.3) is 21.2 Å². The second-order valence-corrected chi connectivity index (χ2v) is 8.67. The molecular weight excluding hydrogens is 451 g/mol. The number of hydrogen-bond acceptors (Lipinski definition) is 4. The quantitative estimate of drug-likeness (QED) is 0.321. The number of alkyl halides is 3. The smallest absolute Gasteiger partial charge is 0.406 e. The molecule has 2 aromatic carbocycles. The average Bonchev–Trinajstić information content (AvgIpc) is 3.18. The molecule has 0 spiro atoms. The van der Waals surface area contributed by atoms with Gasteiger partial charge in [-0.2, -0.15) is 13.2 Å². The molecule has 4 nitrogen and oxygen atoms in total. The number of hydrogen-bond donors (Lipinski definition) is 0. The number of nitrogens with zero attached hydrogens (tertiary/aromatic N) is 1. The highest BCUT2D eigenvalue weighted by Crippen LogP contribution is 2.36. The number of rotatable bonds is 6. The van der Waals surface area contributed by atoms with Crippen molar-refractivity contribution in [3.63, 3.8) is 0 Å². The van der Waals surface area contributed by atoms with Gasteiger partial charge in [-0.25, -0.2) is 4.79 Å². The number of aromatic nitrogens is 1. The summed E-state index contributed by atoms with van der Waals surface area (Å²) in [6.07, 6.45) is -2.79. The predicted molar refractivity (Wildman–Crippen MR) is 123 cm³/mol. The lowest BCUT2D eigenvalue weighted by Crippen LogP contribution is -2.27. The van der Waals surface area contributed by atoms with Crippen molar-refractivity contribution in [1.82, 2.24) is 4.57 Å². The van der Waals surface area contributed by atoms with Crippen LogP contribution in [0.3, 0.4) is 0 Å². The number of pyridine rings is 1. The molecule has 4 rings (SSSR count). The van der Waals surface area contributed by atoms with Crippen LogP contribution in [-0.2, 0) is 17.7 Å². The maximum absolute atomic E-state index is 12.8. The maximum atomic E-state index is 12.8. The largest absolute Gasteiger partial charge is 0.462 e. The van der Waals surface area contributed by atoms with E-state index in [9.17, 15) is 22.8 Å². The van der Waals surface area contributed by atoms with E-state index in [1.165, 1.54) is 23.6 Å². The molecule has 170 valence electrons. The Morgan fingerprint density at radius 3 is 2.61 bits per heavy atom. The van der Waals surface area contributed by atoms with Crippen molar-refractivity contribution in [3.8, 4) is 11.1 Å². The number of fused-ring (bicyclic) bond motifs is 1. The highest BCUT2D eigenvalue weighted by Gasteiger charge is 2.28. The van der Waals surface area contributed by atoms with E-state index in [1.54, 1.807) is 31.2 Å². The number of esters is 1. The molecule has 2 aromatic heterocycles. The Balaban J connectivity index is 1.67. The summed E-state index contributed by atoms with van der Waals surface area (Å²) in [6.45, 7) is 0.737. The van der Waals surface area contributed by atoms with E-state index in [0.717, 1.165) is 26.1 Å². The molecule has 0 aliphatic heterocycles. The summed E-state index contributed by atoms with van der Waals surface area (Å²) < 4.78 is 45.1. The molecule has 0 unspecified atom stereocenters. The van der Waals surface area contributed by atoms with Crippen LogP contribution in [0.5, 0.6) is 0 Å². The van der Waals surface area contributed by atoms with Crippen LogP contribution in [-0.4, -0.2) is 23.3 Å². The van der Waals surface area contributed by atoms with Gasteiger partial charge in [-0.05, 0) is 47.2 Å². The molecule has 33 heavy (non-hydrogen) atoms. The van der Waals surface area contributed by atoms with E-state index >= 15 is 0 Å². The summed E-state index contributed by atoms with van der Waals surface area (Å²) in [7, 11) is 0. The van der Waals surface area contributed by atoms with Crippen LogP contribution in [0.15, 0.2) is 71.7 Å². The average molecular weight is 472 g/mol. The van der Waals surface area contributed by atoms with Crippen molar-refractivity contribution < 1.29 is 22.7 Å². The summed E-state index contributed by atoms with van der Waals surface area (Å²) in [5, 5.41) is 0.998. The van der Waals surface area contributed by atoms with E-state index in [4.69, 9.17) is 4.74 Å². The van der Waals surface area contributed by atoms with Gasteiger partial charge in [-0.15, -0.1) is 11.3 Å². The Labute approximate surface area is 191 Å². The first-order chi connectivity index (χ1) is 15.7. The molecule has 0 fully saturated rings. The maximum Gasteiger partial charge on any atom is 0.406 e. The lowest BCUT2D eigenvalue weighted by Gasteiger charge is -2.10.